The molecule has 2 aromatic rings. The highest BCUT2D eigenvalue weighted by Crippen LogP contribution is 2.26. The van der Waals surface area contributed by atoms with Crippen LogP contribution in [-0.4, -0.2) is 43.6 Å². The number of hydrogen-bond donors (Lipinski definition) is 1. The fraction of sp³-hybridized carbons (Fsp3) is 0.579. The first kappa shape index (κ1) is 18.4. The summed E-state index contributed by atoms with van der Waals surface area (Å²) in [4.78, 5) is 33.8. The fourth-order valence-electron chi connectivity index (χ4n) is 3.47. The first-order valence-corrected chi connectivity index (χ1v) is 9.23. The highest BCUT2D eigenvalue weighted by molar-refractivity contribution is 5.76. The molecule has 1 fully saturated rings. The van der Waals surface area contributed by atoms with E-state index in [2.05, 4.69) is 15.1 Å². The van der Waals surface area contributed by atoms with Gasteiger partial charge in [-0.25, -0.2) is 4.98 Å². The van der Waals surface area contributed by atoms with Crippen molar-refractivity contribution in [2.45, 2.75) is 58.9 Å². The molecule has 140 valence electrons. The van der Waals surface area contributed by atoms with Gasteiger partial charge < -0.3 is 9.88 Å². The van der Waals surface area contributed by atoms with Crippen molar-refractivity contribution in [3.8, 4) is 0 Å². The van der Waals surface area contributed by atoms with Crippen molar-refractivity contribution >= 4 is 5.91 Å². The topological polar surface area (TPSA) is 83.9 Å². The molecule has 0 atom stereocenters. The van der Waals surface area contributed by atoms with Gasteiger partial charge in [0.2, 0.25) is 5.91 Å². The Morgan fingerprint density at radius 3 is 2.54 bits per heavy atom. The Labute approximate surface area is 153 Å². The van der Waals surface area contributed by atoms with Crippen molar-refractivity contribution in [3.63, 3.8) is 0 Å². The number of aromatic amines is 1. The number of piperidine rings is 1. The van der Waals surface area contributed by atoms with Crippen LogP contribution in [0.4, 0.5) is 0 Å². The van der Waals surface area contributed by atoms with E-state index in [4.69, 9.17) is 0 Å². The van der Waals surface area contributed by atoms with Crippen molar-refractivity contribution in [2.24, 2.45) is 0 Å². The molecular formula is C19H27N5O2. The van der Waals surface area contributed by atoms with Crippen LogP contribution < -0.4 is 5.56 Å². The number of carbonyl (C=O) groups is 1. The molecule has 0 radical (unpaired) electrons. The molecule has 26 heavy (non-hydrogen) atoms. The number of H-pyrrole nitrogens is 1. The SMILES string of the molecule is Cc1cc(C)n(CC(=O)N2CCC(c3cc(=O)[nH]c(C(C)C)n3)CC2)n1. The van der Waals surface area contributed by atoms with E-state index in [-0.39, 0.29) is 29.8 Å². The van der Waals surface area contributed by atoms with Gasteiger partial charge in [0.25, 0.3) is 5.56 Å². The molecule has 3 heterocycles. The second-order valence-electron chi connectivity index (χ2n) is 7.45. The Bertz CT molecular complexity index is 844. The molecule has 1 aliphatic rings. The molecule has 0 aromatic carbocycles. The smallest absolute Gasteiger partial charge is 0.251 e. The molecule has 7 heteroatoms. The third kappa shape index (κ3) is 4.03. The number of carbonyl (C=O) groups excluding carboxylic acids is 1. The maximum atomic E-state index is 12.6. The van der Waals surface area contributed by atoms with E-state index in [1.54, 1.807) is 10.7 Å². The van der Waals surface area contributed by atoms with E-state index < -0.39 is 0 Å². The number of likely N-dealkylation sites (tertiary alicyclic amines) is 1. The Kier molecular flexibility index (Phi) is 5.25. The first-order valence-electron chi connectivity index (χ1n) is 9.23. The van der Waals surface area contributed by atoms with Crippen LogP contribution in [0.25, 0.3) is 0 Å². The normalized spacial score (nSPS) is 15.7. The quantitative estimate of drug-likeness (QED) is 0.908. The average Bonchev–Trinajstić information content (AvgIpc) is 2.91. The molecule has 7 nitrogen and oxygen atoms in total. The highest BCUT2D eigenvalue weighted by Gasteiger charge is 2.25. The highest BCUT2D eigenvalue weighted by atomic mass is 16.2. The van der Waals surface area contributed by atoms with Crippen molar-refractivity contribution in [1.82, 2.24) is 24.6 Å². The van der Waals surface area contributed by atoms with Gasteiger partial charge >= 0.3 is 0 Å². The van der Waals surface area contributed by atoms with Crippen molar-refractivity contribution in [2.75, 3.05) is 13.1 Å². The lowest BCUT2D eigenvalue weighted by Gasteiger charge is -2.32. The van der Waals surface area contributed by atoms with Gasteiger partial charge in [-0.3, -0.25) is 14.3 Å². The van der Waals surface area contributed by atoms with E-state index >= 15 is 0 Å². The molecule has 0 bridgehead atoms. The van der Waals surface area contributed by atoms with Crippen LogP contribution in [0.1, 0.15) is 61.4 Å². The van der Waals surface area contributed by atoms with Gasteiger partial charge in [0.05, 0.1) is 11.4 Å². The maximum Gasteiger partial charge on any atom is 0.251 e. The van der Waals surface area contributed by atoms with Gasteiger partial charge in [0, 0.05) is 36.7 Å². The Morgan fingerprint density at radius 2 is 1.96 bits per heavy atom. The molecule has 0 saturated carbocycles. The van der Waals surface area contributed by atoms with Crippen LogP contribution in [0.2, 0.25) is 0 Å². The Balaban J connectivity index is 1.63. The van der Waals surface area contributed by atoms with Gasteiger partial charge in [-0.2, -0.15) is 5.10 Å². The summed E-state index contributed by atoms with van der Waals surface area (Å²) in [6.45, 7) is 9.59. The summed E-state index contributed by atoms with van der Waals surface area (Å²) in [5.74, 6) is 1.24. The second-order valence-corrected chi connectivity index (χ2v) is 7.45. The van der Waals surface area contributed by atoms with Gasteiger partial charge in [0.1, 0.15) is 12.4 Å². The number of hydrogen-bond acceptors (Lipinski definition) is 4. The molecule has 0 spiro atoms. The van der Waals surface area contributed by atoms with Crippen LogP contribution >= 0.6 is 0 Å². The predicted molar refractivity (Wildman–Crippen MR) is 99.2 cm³/mol. The molecule has 0 aliphatic carbocycles. The summed E-state index contributed by atoms with van der Waals surface area (Å²) in [5.41, 5.74) is 2.68. The molecule has 3 rings (SSSR count). The van der Waals surface area contributed by atoms with Gasteiger partial charge in [-0.15, -0.1) is 0 Å². The molecule has 1 N–H and O–H groups in total. The van der Waals surface area contributed by atoms with Gasteiger partial charge in [-0.1, -0.05) is 13.8 Å². The predicted octanol–water partition coefficient (Wildman–Crippen LogP) is 2.11. The third-order valence-corrected chi connectivity index (χ3v) is 4.98. The van der Waals surface area contributed by atoms with Crippen LogP contribution in [0.3, 0.4) is 0 Å². The van der Waals surface area contributed by atoms with Crippen molar-refractivity contribution in [3.05, 3.63) is 45.4 Å². The number of nitrogens with zero attached hydrogens (tertiary/aromatic N) is 4. The number of aromatic nitrogens is 4. The summed E-state index contributed by atoms with van der Waals surface area (Å²) in [7, 11) is 0. The maximum absolute atomic E-state index is 12.6. The lowest BCUT2D eigenvalue weighted by Crippen LogP contribution is -2.40. The van der Waals surface area contributed by atoms with Gasteiger partial charge in [0.15, 0.2) is 0 Å². The lowest BCUT2D eigenvalue weighted by molar-refractivity contribution is -0.133. The summed E-state index contributed by atoms with van der Waals surface area (Å²) < 4.78 is 1.76. The zero-order valence-electron chi connectivity index (χ0n) is 16.0. The fourth-order valence-corrected chi connectivity index (χ4v) is 3.47. The van der Waals surface area contributed by atoms with Crippen LogP contribution in [0.15, 0.2) is 16.9 Å². The molecule has 2 aromatic heterocycles. The first-order chi connectivity index (χ1) is 12.3. The summed E-state index contributed by atoms with van der Waals surface area (Å²) in [6.07, 6.45) is 1.66. The number of aryl methyl sites for hydroxylation is 2. The summed E-state index contributed by atoms with van der Waals surface area (Å²) in [5, 5.41) is 4.36. The molecule has 1 saturated heterocycles. The van der Waals surface area contributed by atoms with E-state index in [1.165, 1.54) is 0 Å². The van der Waals surface area contributed by atoms with Gasteiger partial charge in [-0.05, 0) is 32.8 Å². The number of rotatable bonds is 4. The zero-order valence-corrected chi connectivity index (χ0v) is 16.0. The Hall–Kier alpha value is -2.44. The van der Waals surface area contributed by atoms with Crippen molar-refractivity contribution < 1.29 is 4.79 Å². The zero-order chi connectivity index (χ0) is 18.8. The van der Waals surface area contributed by atoms with Crippen molar-refractivity contribution in [1.29, 1.82) is 0 Å². The van der Waals surface area contributed by atoms with E-state index in [0.29, 0.717) is 13.1 Å². The standard InChI is InChI=1S/C19H27N5O2/c1-12(2)19-20-16(10-17(25)21-19)15-5-7-23(8-6-15)18(26)11-24-14(4)9-13(3)22-24/h9-10,12,15H,5-8,11H2,1-4H3,(H,20,21,25). The lowest BCUT2D eigenvalue weighted by atomic mass is 9.93. The average molecular weight is 357 g/mol. The number of nitrogens with one attached hydrogen (secondary N) is 1. The minimum atomic E-state index is -0.0956. The van der Waals surface area contributed by atoms with E-state index in [0.717, 1.165) is 35.7 Å². The minimum Gasteiger partial charge on any atom is -0.341 e. The van der Waals surface area contributed by atoms with Crippen LogP contribution in [0.5, 0.6) is 0 Å². The van der Waals surface area contributed by atoms with Crippen LogP contribution in [0, 0.1) is 13.8 Å². The monoisotopic (exact) mass is 357 g/mol. The molecular weight excluding hydrogens is 330 g/mol. The third-order valence-electron chi connectivity index (χ3n) is 4.98. The largest absolute Gasteiger partial charge is 0.341 e. The molecule has 1 amide bonds. The van der Waals surface area contributed by atoms with Crippen LogP contribution in [-0.2, 0) is 11.3 Å². The molecule has 1 aliphatic heterocycles. The van der Waals surface area contributed by atoms with E-state index in [9.17, 15) is 9.59 Å². The number of amides is 1. The second kappa shape index (κ2) is 7.43. The molecule has 0 unspecified atom stereocenters. The summed E-state index contributed by atoms with van der Waals surface area (Å²) >= 11 is 0. The summed E-state index contributed by atoms with van der Waals surface area (Å²) in [6, 6.07) is 3.58. The van der Waals surface area contributed by atoms with E-state index in [1.807, 2.05) is 38.7 Å². The minimum absolute atomic E-state index is 0.0939. The Morgan fingerprint density at radius 1 is 1.27 bits per heavy atom.